The molecule has 1 aromatic rings. The van der Waals surface area contributed by atoms with Gasteiger partial charge in [0.1, 0.15) is 0 Å². The number of aromatic nitrogens is 2. The van der Waals surface area contributed by atoms with Crippen LogP contribution in [-0.2, 0) is 0 Å². The van der Waals surface area contributed by atoms with Gasteiger partial charge in [-0.1, -0.05) is 6.42 Å². The zero-order chi connectivity index (χ0) is 14.3. The lowest BCUT2D eigenvalue weighted by atomic mass is 9.99. The topological polar surface area (TPSA) is 33.1 Å². The van der Waals surface area contributed by atoms with Crippen molar-refractivity contribution in [2.75, 3.05) is 18.4 Å². The molecular weight excluding hydrogens is 248 g/mol. The summed E-state index contributed by atoms with van der Waals surface area (Å²) in [6.45, 7) is 11.3. The standard InChI is InChI=1S/C16H28N4/c1-11(2)20-13(4)16(12(3)18-20)17-14-8-10-19-9-6-5-7-15(14)19/h11,14-15,17H,5-10H2,1-4H3. The van der Waals surface area contributed by atoms with Crippen LogP contribution in [0.15, 0.2) is 0 Å². The lowest BCUT2D eigenvalue weighted by Gasteiger charge is -2.33. The molecule has 2 aliphatic heterocycles. The molecule has 2 saturated heterocycles. The molecule has 4 heteroatoms. The molecule has 2 unspecified atom stereocenters. The average molecular weight is 276 g/mol. The molecule has 1 aromatic heterocycles. The van der Waals surface area contributed by atoms with Crippen LogP contribution in [0.1, 0.15) is 57.0 Å². The van der Waals surface area contributed by atoms with Gasteiger partial charge in [-0.2, -0.15) is 5.10 Å². The first kappa shape index (κ1) is 13.9. The highest BCUT2D eigenvalue weighted by Gasteiger charge is 2.36. The van der Waals surface area contributed by atoms with Gasteiger partial charge in [0.15, 0.2) is 0 Å². The zero-order valence-electron chi connectivity index (χ0n) is 13.3. The third-order valence-electron chi connectivity index (χ3n) is 5.00. The second-order valence-corrected chi connectivity index (χ2v) is 6.72. The lowest BCUT2D eigenvalue weighted by Crippen LogP contribution is -2.41. The molecule has 112 valence electrons. The Labute approximate surface area is 122 Å². The Morgan fingerprint density at radius 2 is 1.95 bits per heavy atom. The fourth-order valence-electron chi connectivity index (χ4n) is 3.98. The summed E-state index contributed by atoms with van der Waals surface area (Å²) in [6, 6.07) is 1.78. The molecule has 0 radical (unpaired) electrons. The number of fused-ring (bicyclic) bond motifs is 1. The Balaban J connectivity index is 1.78. The van der Waals surface area contributed by atoms with E-state index in [1.165, 1.54) is 50.2 Å². The van der Waals surface area contributed by atoms with Crippen LogP contribution < -0.4 is 5.32 Å². The highest BCUT2D eigenvalue weighted by molar-refractivity contribution is 5.53. The molecule has 0 aliphatic carbocycles. The Morgan fingerprint density at radius 1 is 1.15 bits per heavy atom. The largest absolute Gasteiger partial charge is 0.378 e. The summed E-state index contributed by atoms with van der Waals surface area (Å²) in [5.41, 5.74) is 3.70. The van der Waals surface area contributed by atoms with Crippen LogP contribution in [0.2, 0.25) is 0 Å². The summed E-state index contributed by atoms with van der Waals surface area (Å²) in [4.78, 5) is 2.68. The van der Waals surface area contributed by atoms with Crippen molar-refractivity contribution in [1.82, 2.24) is 14.7 Å². The van der Waals surface area contributed by atoms with Gasteiger partial charge in [0.2, 0.25) is 0 Å². The minimum atomic E-state index is 0.430. The second kappa shape index (κ2) is 5.40. The molecule has 3 heterocycles. The number of nitrogens with zero attached hydrogens (tertiary/aromatic N) is 3. The van der Waals surface area contributed by atoms with Crippen molar-refractivity contribution in [2.45, 2.75) is 71.5 Å². The highest BCUT2D eigenvalue weighted by atomic mass is 15.3. The van der Waals surface area contributed by atoms with E-state index in [2.05, 4.69) is 42.6 Å². The first-order valence-electron chi connectivity index (χ1n) is 8.14. The number of rotatable bonds is 3. The van der Waals surface area contributed by atoms with Gasteiger partial charge in [-0.05, 0) is 53.5 Å². The van der Waals surface area contributed by atoms with E-state index in [0.29, 0.717) is 12.1 Å². The molecule has 2 aliphatic rings. The van der Waals surface area contributed by atoms with Gasteiger partial charge in [-0.25, -0.2) is 0 Å². The summed E-state index contributed by atoms with van der Waals surface area (Å²) in [5, 5.41) is 8.52. The molecule has 3 rings (SSSR count). The van der Waals surface area contributed by atoms with Crippen molar-refractivity contribution in [1.29, 1.82) is 0 Å². The molecule has 0 amide bonds. The van der Waals surface area contributed by atoms with Crippen LogP contribution >= 0.6 is 0 Å². The number of piperidine rings is 1. The summed E-state index contributed by atoms with van der Waals surface area (Å²) < 4.78 is 2.14. The smallest absolute Gasteiger partial charge is 0.0828 e. The van der Waals surface area contributed by atoms with Crippen molar-refractivity contribution in [3.8, 4) is 0 Å². The van der Waals surface area contributed by atoms with E-state index in [9.17, 15) is 0 Å². The fourth-order valence-corrected chi connectivity index (χ4v) is 3.98. The van der Waals surface area contributed by atoms with Gasteiger partial charge in [0.25, 0.3) is 0 Å². The SMILES string of the molecule is Cc1nn(C(C)C)c(C)c1NC1CCN2CCCCC12. The Morgan fingerprint density at radius 3 is 2.65 bits per heavy atom. The summed E-state index contributed by atoms with van der Waals surface area (Å²) in [5.74, 6) is 0. The van der Waals surface area contributed by atoms with E-state index in [0.717, 1.165) is 11.7 Å². The number of nitrogens with one attached hydrogen (secondary N) is 1. The van der Waals surface area contributed by atoms with Gasteiger partial charge < -0.3 is 5.32 Å². The van der Waals surface area contributed by atoms with Crippen LogP contribution in [0.5, 0.6) is 0 Å². The van der Waals surface area contributed by atoms with Gasteiger partial charge in [-0.15, -0.1) is 0 Å². The molecule has 4 nitrogen and oxygen atoms in total. The minimum Gasteiger partial charge on any atom is -0.378 e. The minimum absolute atomic E-state index is 0.430. The summed E-state index contributed by atoms with van der Waals surface area (Å²) in [6.07, 6.45) is 5.40. The third kappa shape index (κ3) is 2.34. The van der Waals surface area contributed by atoms with Crippen molar-refractivity contribution in [3.05, 3.63) is 11.4 Å². The Kier molecular flexibility index (Phi) is 3.76. The van der Waals surface area contributed by atoms with E-state index in [-0.39, 0.29) is 0 Å². The van der Waals surface area contributed by atoms with E-state index in [1.54, 1.807) is 0 Å². The van der Waals surface area contributed by atoms with E-state index in [1.807, 2.05) is 0 Å². The number of aryl methyl sites for hydroxylation is 1. The molecule has 0 bridgehead atoms. The maximum absolute atomic E-state index is 4.70. The summed E-state index contributed by atoms with van der Waals surface area (Å²) >= 11 is 0. The van der Waals surface area contributed by atoms with Crippen LogP contribution in [-0.4, -0.2) is 39.9 Å². The monoisotopic (exact) mass is 276 g/mol. The lowest BCUT2D eigenvalue weighted by molar-refractivity contribution is 0.192. The first-order chi connectivity index (χ1) is 9.58. The molecule has 20 heavy (non-hydrogen) atoms. The quantitative estimate of drug-likeness (QED) is 0.921. The fraction of sp³-hybridized carbons (Fsp3) is 0.812. The predicted molar refractivity (Wildman–Crippen MR) is 83.3 cm³/mol. The summed E-state index contributed by atoms with van der Waals surface area (Å²) in [7, 11) is 0. The van der Waals surface area contributed by atoms with Gasteiger partial charge in [0.05, 0.1) is 17.1 Å². The highest BCUT2D eigenvalue weighted by Crippen LogP contribution is 2.31. The van der Waals surface area contributed by atoms with E-state index < -0.39 is 0 Å². The maximum atomic E-state index is 4.70. The third-order valence-corrected chi connectivity index (χ3v) is 5.00. The molecular formula is C16H28N4. The molecule has 2 atom stereocenters. The second-order valence-electron chi connectivity index (χ2n) is 6.72. The van der Waals surface area contributed by atoms with Crippen molar-refractivity contribution >= 4 is 5.69 Å². The zero-order valence-corrected chi connectivity index (χ0v) is 13.3. The van der Waals surface area contributed by atoms with Crippen molar-refractivity contribution in [3.63, 3.8) is 0 Å². The van der Waals surface area contributed by atoms with Crippen LogP contribution in [0.3, 0.4) is 0 Å². The normalized spacial score (nSPS) is 27.1. The number of hydrogen-bond donors (Lipinski definition) is 1. The van der Waals surface area contributed by atoms with Crippen molar-refractivity contribution in [2.24, 2.45) is 0 Å². The average Bonchev–Trinajstić information content (AvgIpc) is 2.95. The molecule has 1 N–H and O–H groups in total. The van der Waals surface area contributed by atoms with Crippen LogP contribution in [0.4, 0.5) is 5.69 Å². The molecule has 2 fully saturated rings. The molecule has 0 spiro atoms. The van der Waals surface area contributed by atoms with Gasteiger partial charge >= 0.3 is 0 Å². The van der Waals surface area contributed by atoms with Crippen LogP contribution in [0.25, 0.3) is 0 Å². The number of hydrogen-bond acceptors (Lipinski definition) is 3. The Bertz CT molecular complexity index is 477. The van der Waals surface area contributed by atoms with E-state index >= 15 is 0 Å². The maximum Gasteiger partial charge on any atom is 0.0828 e. The van der Waals surface area contributed by atoms with Crippen LogP contribution in [0, 0.1) is 13.8 Å². The van der Waals surface area contributed by atoms with Gasteiger partial charge in [0, 0.05) is 24.7 Å². The predicted octanol–water partition coefficient (Wildman–Crippen LogP) is 3.12. The van der Waals surface area contributed by atoms with E-state index in [4.69, 9.17) is 5.10 Å². The first-order valence-corrected chi connectivity index (χ1v) is 8.14. The van der Waals surface area contributed by atoms with Crippen molar-refractivity contribution < 1.29 is 0 Å². The molecule has 0 aromatic carbocycles. The van der Waals surface area contributed by atoms with Gasteiger partial charge in [-0.3, -0.25) is 9.58 Å². The Hall–Kier alpha value is -1.03. The number of anilines is 1. The molecule has 0 saturated carbocycles.